The lowest BCUT2D eigenvalue weighted by molar-refractivity contribution is -0.160. The van der Waals surface area contributed by atoms with Gasteiger partial charge in [0.05, 0.1) is 0 Å². The van der Waals surface area contributed by atoms with Gasteiger partial charge in [-0.2, -0.15) is 0 Å². The second kappa shape index (κ2) is 6.48. The Morgan fingerprint density at radius 2 is 1.88 bits per heavy atom. The molecule has 0 aliphatic carbocycles. The Labute approximate surface area is 96.0 Å². The number of carboxylic acid groups (broad SMARTS) is 1. The first-order valence-electron chi connectivity index (χ1n) is 5.55. The third-order valence-corrected chi connectivity index (χ3v) is 2.81. The number of ether oxygens (including phenoxy) is 1. The summed E-state index contributed by atoms with van der Waals surface area (Å²) in [4.78, 5) is 21.9. The largest absolute Gasteiger partial charge is 0.481 e. The fraction of sp³-hybridized carbons (Fsp3) is 0.818. The van der Waals surface area contributed by atoms with E-state index in [1.165, 1.54) is 0 Å². The molecular formula is C11H21NO4. The molecule has 0 aromatic heterocycles. The molecule has 0 spiro atoms. The van der Waals surface area contributed by atoms with E-state index in [-0.39, 0.29) is 12.8 Å². The van der Waals surface area contributed by atoms with Gasteiger partial charge in [0.1, 0.15) is 11.6 Å². The van der Waals surface area contributed by atoms with Gasteiger partial charge in [0.25, 0.3) is 0 Å². The second-order valence-electron chi connectivity index (χ2n) is 4.12. The zero-order valence-electron chi connectivity index (χ0n) is 10.2. The Bertz CT molecular complexity index is 248. The number of carboxylic acids is 1. The van der Waals surface area contributed by atoms with Crippen molar-refractivity contribution in [1.29, 1.82) is 0 Å². The summed E-state index contributed by atoms with van der Waals surface area (Å²) in [7, 11) is 0. The molecule has 0 aromatic rings. The molecule has 0 bridgehead atoms. The average Bonchev–Trinajstić information content (AvgIpc) is 2.25. The molecule has 16 heavy (non-hydrogen) atoms. The number of carbonyl (C=O) groups excluding carboxylic acids is 1. The lowest BCUT2D eigenvalue weighted by Crippen LogP contribution is -2.39. The van der Waals surface area contributed by atoms with Gasteiger partial charge < -0.3 is 15.6 Å². The van der Waals surface area contributed by atoms with Gasteiger partial charge in [0.15, 0.2) is 0 Å². The second-order valence-corrected chi connectivity index (χ2v) is 4.12. The lowest BCUT2D eigenvalue weighted by Gasteiger charge is -2.28. The predicted molar refractivity (Wildman–Crippen MR) is 59.9 cm³/mol. The zero-order valence-corrected chi connectivity index (χ0v) is 10.2. The van der Waals surface area contributed by atoms with Crippen LogP contribution in [0.25, 0.3) is 0 Å². The van der Waals surface area contributed by atoms with Gasteiger partial charge in [0.2, 0.25) is 0 Å². The maximum atomic E-state index is 11.5. The van der Waals surface area contributed by atoms with Crippen molar-refractivity contribution >= 4 is 11.9 Å². The Kier molecular flexibility index (Phi) is 6.03. The summed E-state index contributed by atoms with van der Waals surface area (Å²) in [5.74, 6) is -1.48. The number of carbonyl (C=O) groups is 2. The van der Waals surface area contributed by atoms with Crippen LogP contribution in [-0.4, -0.2) is 28.7 Å². The van der Waals surface area contributed by atoms with Crippen LogP contribution in [0.4, 0.5) is 0 Å². The zero-order chi connectivity index (χ0) is 12.8. The highest BCUT2D eigenvalue weighted by molar-refractivity contribution is 5.77. The summed E-state index contributed by atoms with van der Waals surface area (Å²) < 4.78 is 5.27. The van der Waals surface area contributed by atoms with Crippen molar-refractivity contribution in [3.8, 4) is 0 Å². The summed E-state index contributed by atoms with van der Waals surface area (Å²) in [6.45, 7) is 5.70. The smallest absolute Gasteiger partial charge is 0.323 e. The first-order valence-corrected chi connectivity index (χ1v) is 5.55. The van der Waals surface area contributed by atoms with E-state index in [0.29, 0.717) is 12.8 Å². The van der Waals surface area contributed by atoms with E-state index in [4.69, 9.17) is 15.6 Å². The maximum Gasteiger partial charge on any atom is 0.323 e. The molecule has 0 saturated carbocycles. The molecular weight excluding hydrogens is 210 g/mol. The molecule has 0 aromatic carbocycles. The van der Waals surface area contributed by atoms with Gasteiger partial charge in [-0.1, -0.05) is 13.8 Å². The fourth-order valence-corrected chi connectivity index (χ4v) is 1.11. The molecule has 0 saturated heterocycles. The molecule has 1 atom stereocenters. The molecule has 0 rings (SSSR count). The van der Waals surface area contributed by atoms with E-state index >= 15 is 0 Å². The molecule has 0 fully saturated rings. The molecule has 5 heteroatoms. The van der Waals surface area contributed by atoms with E-state index < -0.39 is 23.6 Å². The molecule has 0 heterocycles. The van der Waals surface area contributed by atoms with Crippen LogP contribution in [0.5, 0.6) is 0 Å². The van der Waals surface area contributed by atoms with Gasteiger partial charge in [-0.05, 0) is 26.2 Å². The minimum absolute atomic E-state index is 0.109. The summed E-state index contributed by atoms with van der Waals surface area (Å²) >= 11 is 0. The van der Waals surface area contributed by atoms with Crippen LogP contribution in [0.15, 0.2) is 0 Å². The third-order valence-electron chi connectivity index (χ3n) is 2.81. The number of nitrogens with two attached hydrogens (primary N) is 1. The molecule has 3 N–H and O–H groups in total. The van der Waals surface area contributed by atoms with Crippen molar-refractivity contribution in [2.24, 2.45) is 5.73 Å². The number of esters is 1. The van der Waals surface area contributed by atoms with E-state index in [2.05, 4.69) is 0 Å². The Balaban J connectivity index is 4.18. The van der Waals surface area contributed by atoms with Crippen molar-refractivity contribution in [3.63, 3.8) is 0 Å². The standard InChI is InChI=1S/C11H21NO4/c1-4-11(3,5-2)16-10(15)8(12)6-7-9(13)14/h8H,4-7,12H2,1-3H3,(H,13,14)/t8-/m0/s1. The van der Waals surface area contributed by atoms with Crippen LogP contribution in [0.2, 0.25) is 0 Å². The van der Waals surface area contributed by atoms with Gasteiger partial charge in [-0.3, -0.25) is 9.59 Å². The highest BCUT2D eigenvalue weighted by Gasteiger charge is 2.27. The third kappa shape index (κ3) is 5.11. The van der Waals surface area contributed by atoms with Crippen molar-refractivity contribution in [2.45, 2.75) is 58.1 Å². The van der Waals surface area contributed by atoms with Crippen molar-refractivity contribution in [3.05, 3.63) is 0 Å². The molecule has 0 radical (unpaired) electrons. The van der Waals surface area contributed by atoms with E-state index in [0.717, 1.165) is 0 Å². The van der Waals surface area contributed by atoms with Crippen LogP contribution in [0.3, 0.4) is 0 Å². The minimum Gasteiger partial charge on any atom is -0.481 e. The Morgan fingerprint density at radius 3 is 2.25 bits per heavy atom. The number of aliphatic carboxylic acids is 1. The molecule has 0 unspecified atom stereocenters. The van der Waals surface area contributed by atoms with E-state index in [9.17, 15) is 9.59 Å². The minimum atomic E-state index is -0.961. The van der Waals surface area contributed by atoms with Crippen LogP contribution in [-0.2, 0) is 14.3 Å². The Hall–Kier alpha value is -1.10. The summed E-state index contributed by atoms with van der Waals surface area (Å²) in [6.07, 6.45) is 1.41. The highest BCUT2D eigenvalue weighted by Crippen LogP contribution is 2.20. The van der Waals surface area contributed by atoms with Crippen LogP contribution in [0.1, 0.15) is 46.5 Å². The SMILES string of the molecule is CCC(C)(CC)OC(=O)[C@@H](N)CCC(=O)O. The number of rotatable bonds is 7. The van der Waals surface area contributed by atoms with Gasteiger partial charge >= 0.3 is 11.9 Å². The first-order chi connectivity index (χ1) is 7.34. The van der Waals surface area contributed by atoms with Crippen molar-refractivity contribution < 1.29 is 19.4 Å². The van der Waals surface area contributed by atoms with Crippen LogP contribution < -0.4 is 5.73 Å². The summed E-state index contributed by atoms with van der Waals surface area (Å²) in [6, 6.07) is -0.853. The molecule has 5 nitrogen and oxygen atoms in total. The topological polar surface area (TPSA) is 89.6 Å². The monoisotopic (exact) mass is 231 g/mol. The molecule has 94 valence electrons. The normalized spacial score (nSPS) is 13.2. The maximum absolute atomic E-state index is 11.5. The first kappa shape index (κ1) is 14.9. The predicted octanol–water partition coefficient (Wildman–Crippen LogP) is 1.30. The number of hydrogen-bond donors (Lipinski definition) is 2. The van der Waals surface area contributed by atoms with E-state index in [1.54, 1.807) is 0 Å². The average molecular weight is 231 g/mol. The summed E-state index contributed by atoms with van der Waals surface area (Å²) in [5, 5.41) is 8.46. The van der Waals surface area contributed by atoms with Gasteiger partial charge in [-0.25, -0.2) is 0 Å². The van der Waals surface area contributed by atoms with Crippen molar-refractivity contribution in [1.82, 2.24) is 0 Å². The van der Waals surface area contributed by atoms with Crippen LogP contribution in [0, 0.1) is 0 Å². The highest BCUT2D eigenvalue weighted by atomic mass is 16.6. The Morgan fingerprint density at radius 1 is 1.38 bits per heavy atom. The van der Waals surface area contributed by atoms with Crippen molar-refractivity contribution in [2.75, 3.05) is 0 Å². The molecule has 0 amide bonds. The van der Waals surface area contributed by atoms with Crippen LogP contribution >= 0.6 is 0 Å². The van der Waals surface area contributed by atoms with E-state index in [1.807, 2.05) is 20.8 Å². The molecule has 0 aliphatic rings. The quantitative estimate of drug-likeness (QED) is 0.644. The number of hydrogen-bond acceptors (Lipinski definition) is 4. The van der Waals surface area contributed by atoms with Gasteiger partial charge in [-0.15, -0.1) is 0 Å². The lowest BCUT2D eigenvalue weighted by atomic mass is 10.00. The summed E-state index contributed by atoms with van der Waals surface area (Å²) in [5.41, 5.74) is 5.04. The van der Waals surface area contributed by atoms with Gasteiger partial charge in [0, 0.05) is 6.42 Å². The fourth-order valence-electron chi connectivity index (χ4n) is 1.11. The molecule has 0 aliphatic heterocycles.